The molecule has 3 atom stereocenters. The number of rotatable bonds is 5. The Hall–Kier alpha value is -2.53. The molecule has 10 nitrogen and oxygen atoms in total. The van der Waals surface area contributed by atoms with E-state index >= 15 is 0 Å². The topological polar surface area (TPSA) is 117 Å². The molecule has 0 saturated carbocycles. The Morgan fingerprint density at radius 2 is 1.94 bits per heavy atom. The van der Waals surface area contributed by atoms with Gasteiger partial charge < -0.3 is 24.6 Å². The molecule has 0 radical (unpaired) electrons. The molecule has 0 bridgehead atoms. The van der Waals surface area contributed by atoms with Crippen LogP contribution in [0.15, 0.2) is 18.2 Å². The van der Waals surface area contributed by atoms with Gasteiger partial charge in [0.05, 0.1) is 23.5 Å². The number of nitrogens with zero attached hydrogens (tertiary/aromatic N) is 2. The van der Waals surface area contributed by atoms with Crippen LogP contribution in [0.3, 0.4) is 0 Å². The molecule has 0 fully saturated rings. The van der Waals surface area contributed by atoms with Gasteiger partial charge in [0, 0.05) is 44.9 Å². The van der Waals surface area contributed by atoms with Gasteiger partial charge in [0.1, 0.15) is 12.4 Å². The summed E-state index contributed by atoms with van der Waals surface area (Å²) in [6.45, 7) is 10.1. The second kappa shape index (κ2) is 11.7. The minimum absolute atomic E-state index is 0.0228. The second-order valence-corrected chi connectivity index (χ2v) is 11.1. The number of nitrogens with one attached hydrogen (secondary N) is 2. The number of carbonyl (C=O) groups is 2. The first-order chi connectivity index (χ1) is 15.9. The van der Waals surface area contributed by atoms with Gasteiger partial charge in [-0.25, -0.2) is 13.2 Å². The molecule has 0 spiro atoms. The van der Waals surface area contributed by atoms with Crippen molar-refractivity contribution < 1.29 is 27.5 Å². The standard InChI is InChI=1S/C23H38N4O6S/c1-8-34(30,31)25-18-9-10-20-19(11-18)22(28)26(6)13-21(32-7)16(4)12-27(17(5)14-33-20)23(29)24-15(2)3/h9-11,15-17,21,25H,8,12-14H2,1-7H3,(H,24,29)/t16-,17-,21-/m0/s1. The Labute approximate surface area is 203 Å². The van der Waals surface area contributed by atoms with E-state index in [9.17, 15) is 18.0 Å². The van der Waals surface area contributed by atoms with E-state index in [1.54, 1.807) is 31.2 Å². The number of anilines is 1. The fraction of sp³-hybridized carbons (Fsp3) is 0.652. The maximum atomic E-state index is 13.3. The van der Waals surface area contributed by atoms with Crippen LogP contribution in [0.1, 0.15) is 45.0 Å². The smallest absolute Gasteiger partial charge is 0.317 e. The largest absolute Gasteiger partial charge is 0.491 e. The van der Waals surface area contributed by atoms with Crippen molar-refractivity contribution in [3.8, 4) is 5.75 Å². The van der Waals surface area contributed by atoms with Crippen LogP contribution in [0.2, 0.25) is 0 Å². The molecule has 1 aliphatic heterocycles. The van der Waals surface area contributed by atoms with Crippen LogP contribution >= 0.6 is 0 Å². The average Bonchev–Trinajstić information content (AvgIpc) is 2.77. The first-order valence-corrected chi connectivity index (χ1v) is 13.2. The van der Waals surface area contributed by atoms with E-state index in [-0.39, 0.29) is 66.2 Å². The summed E-state index contributed by atoms with van der Waals surface area (Å²) in [6.07, 6.45) is -0.318. The number of carbonyl (C=O) groups excluding carboxylic acids is 2. The van der Waals surface area contributed by atoms with Crippen molar-refractivity contribution in [1.29, 1.82) is 0 Å². The van der Waals surface area contributed by atoms with Crippen molar-refractivity contribution in [3.05, 3.63) is 23.8 Å². The SMILES string of the molecule is CCS(=O)(=O)Nc1ccc2c(c1)C(=O)N(C)C[C@H](OC)[C@@H](C)CN(C(=O)NC(C)C)[C@@H](C)CO2. The van der Waals surface area contributed by atoms with Crippen LogP contribution < -0.4 is 14.8 Å². The van der Waals surface area contributed by atoms with Gasteiger partial charge in [0.2, 0.25) is 10.0 Å². The third-order valence-corrected chi connectivity index (χ3v) is 7.08. The van der Waals surface area contributed by atoms with E-state index in [1.165, 1.54) is 17.9 Å². The zero-order chi connectivity index (χ0) is 25.6. The molecule has 0 unspecified atom stereocenters. The number of ether oxygens (including phenoxy) is 2. The number of urea groups is 1. The third-order valence-electron chi connectivity index (χ3n) is 5.77. The van der Waals surface area contributed by atoms with Crippen LogP contribution in [0, 0.1) is 5.92 Å². The highest BCUT2D eigenvalue weighted by Crippen LogP contribution is 2.27. The average molecular weight is 499 g/mol. The fourth-order valence-corrected chi connectivity index (χ4v) is 4.33. The molecular formula is C23H38N4O6S. The van der Waals surface area contributed by atoms with Crippen molar-refractivity contribution in [2.75, 3.05) is 44.3 Å². The maximum Gasteiger partial charge on any atom is 0.317 e. The molecule has 1 aromatic carbocycles. The summed E-state index contributed by atoms with van der Waals surface area (Å²) in [5.74, 6) is -0.158. The number of hydrogen-bond donors (Lipinski definition) is 2. The predicted octanol–water partition coefficient (Wildman–Crippen LogP) is 2.37. The van der Waals surface area contributed by atoms with Crippen LogP contribution in [0.4, 0.5) is 10.5 Å². The normalized spacial score (nSPS) is 22.4. The van der Waals surface area contributed by atoms with Gasteiger partial charge in [0.15, 0.2) is 0 Å². The van der Waals surface area contributed by atoms with Gasteiger partial charge in [0.25, 0.3) is 5.91 Å². The number of sulfonamides is 1. The molecule has 0 saturated heterocycles. The molecule has 1 aromatic rings. The molecular weight excluding hydrogens is 460 g/mol. The van der Waals surface area contributed by atoms with Gasteiger partial charge in [-0.3, -0.25) is 9.52 Å². The molecule has 1 heterocycles. The van der Waals surface area contributed by atoms with E-state index in [0.29, 0.717) is 12.3 Å². The van der Waals surface area contributed by atoms with Gasteiger partial charge >= 0.3 is 6.03 Å². The van der Waals surface area contributed by atoms with E-state index in [1.807, 2.05) is 27.7 Å². The Morgan fingerprint density at radius 3 is 2.53 bits per heavy atom. The summed E-state index contributed by atoms with van der Waals surface area (Å²) in [6, 6.07) is 4.09. The molecule has 34 heavy (non-hydrogen) atoms. The minimum atomic E-state index is -3.51. The fourth-order valence-electron chi connectivity index (χ4n) is 3.70. The number of benzene rings is 1. The van der Waals surface area contributed by atoms with Crippen LogP contribution in [0.5, 0.6) is 5.75 Å². The summed E-state index contributed by atoms with van der Waals surface area (Å²) in [5, 5.41) is 2.94. The van der Waals surface area contributed by atoms with E-state index < -0.39 is 10.0 Å². The van der Waals surface area contributed by atoms with E-state index in [2.05, 4.69) is 10.0 Å². The number of methoxy groups -OCH3 is 1. The van der Waals surface area contributed by atoms with Gasteiger partial charge in [-0.05, 0) is 45.9 Å². The first-order valence-electron chi connectivity index (χ1n) is 11.5. The maximum absolute atomic E-state index is 13.3. The van der Waals surface area contributed by atoms with Crippen molar-refractivity contribution in [2.45, 2.75) is 52.8 Å². The molecule has 3 amide bonds. The summed E-state index contributed by atoms with van der Waals surface area (Å²) < 4.78 is 38.2. The lowest BCUT2D eigenvalue weighted by Gasteiger charge is -2.36. The van der Waals surface area contributed by atoms with E-state index in [0.717, 1.165) is 0 Å². The van der Waals surface area contributed by atoms with Crippen molar-refractivity contribution in [2.24, 2.45) is 5.92 Å². The monoisotopic (exact) mass is 498 g/mol. The minimum Gasteiger partial charge on any atom is -0.491 e. The number of amides is 3. The predicted molar refractivity (Wildman–Crippen MR) is 132 cm³/mol. The molecule has 2 N–H and O–H groups in total. The zero-order valence-corrected chi connectivity index (χ0v) is 21.9. The van der Waals surface area contributed by atoms with E-state index in [4.69, 9.17) is 9.47 Å². The van der Waals surface area contributed by atoms with Gasteiger partial charge in [-0.15, -0.1) is 0 Å². The lowest BCUT2D eigenvalue weighted by molar-refractivity contribution is 0.0165. The highest BCUT2D eigenvalue weighted by atomic mass is 32.2. The Kier molecular flexibility index (Phi) is 9.57. The molecule has 11 heteroatoms. The number of hydrogen-bond acceptors (Lipinski definition) is 6. The molecule has 0 aliphatic carbocycles. The van der Waals surface area contributed by atoms with Crippen LogP contribution in [-0.2, 0) is 14.8 Å². The first kappa shape index (κ1) is 27.7. The van der Waals surface area contributed by atoms with Crippen molar-refractivity contribution in [1.82, 2.24) is 15.1 Å². The summed E-state index contributed by atoms with van der Waals surface area (Å²) >= 11 is 0. The second-order valence-electron chi connectivity index (χ2n) is 9.07. The van der Waals surface area contributed by atoms with Crippen molar-refractivity contribution in [3.63, 3.8) is 0 Å². The van der Waals surface area contributed by atoms with Gasteiger partial charge in [-0.1, -0.05) is 6.92 Å². The van der Waals surface area contributed by atoms with Crippen LogP contribution in [0.25, 0.3) is 0 Å². The zero-order valence-electron chi connectivity index (χ0n) is 21.1. The summed E-state index contributed by atoms with van der Waals surface area (Å²) in [7, 11) is -0.269. The molecule has 0 aromatic heterocycles. The van der Waals surface area contributed by atoms with Crippen molar-refractivity contribution >= 4 is 27.6 Å². The Balaban J connectivity index is 2.47. The quantitative estimate of drug-likeness (QED) is 0.644. The van der Waals surface area contributed by atoms with Crippen LogP contribution in [-0.4, -0.2) is 88.0 Å². The summed E-state index contributed by atoms with van der Waals surface area (Å²) in [5.41, 5.74) is 0.507. The molecule has 1 aliphatic rings. The molecule has 2 rings (SSSR count). The lowest BCUT2D eigenvalue weighted by atomic mass is 10.0. The Bertz CT molecular complexity index is 968. The Morgan fingerprint density at radius 1 is 1.26 bits per heavy atom. The summed E-state index contributed by atoms with van der Waals surface area (Å²) in [4.78, 5) is 29.5. The highest BCUT2D eigenvalue weighted by molar-refractivity contribution is 7.92. The highest BCUT2D eigenvalue weighted by Gasteiger charge is 2.30. The van der Waals surface area contributed by atoms with Gasteiger partial charge in [-0.2, -0.15) is 0 Å². The molecule has 192 valence electrons. The third kappa shape index (κ3) is 7.23. The number of fused-ring (bicyclic) bond motifs is 1. The number of likely N-dealkylation sites (N-methyl/N-ethyl adjacent to an activating group) is 1. The lowest BCUT2D eigenvalue weighted by Crippen LogP contribution is -2.52.